The average molecular weight is 512 g/mol. The highest BCUT2D eigenvalue weighted by Gasteiger charge is 2.82. The summed E-state index contributed by atoms with van der Waals surface area (Å²) < 4.78 is 90.8. The third kappa shape index (κ3) is 3.78. The van der Waals surface area contributed by atoms with E-state index in [-0.39, 0.29) is 25.9 Å². The van der Waals surface area contributed by atoms with Crippen LogP contribution in [0.1, 0.15) is 36.0 Å². The molecule has 3 saturated carbocycles. The van der Waals surface area contributed by atoms with Crippen LogP contribution in [0, 0.1) is 17.0 Å². The van der Waals surface area contributed by atoms with Crippen LogP contribution in [-0.4, -0.2) is 44.3 Å². The van der Waals surface area contributed by atoms with Crippen LogP contribution in [0.3, 0.4) is 0 Å². The first-order valence-corrected chi connectivity index (χ1v) is 11.2. The van der Waals surface area contributed by atoms with Crippen molar-refractivity contribution in [2.24, 2.45) is 5.41 Å². The first-order valence-electron chi connectivity index (χ1n) is 11.2. The summed E-state index contributed by atoms with van der Waals surface area (Å²) >= 11 is 0. The Morgan fingerprint density at radius 1 is 1.06 bits per heavy atom. The lowest BCUT2D eigenvalue weighted by Crippen LogP contribution is -2.76. The molecule has 12 heteroatoms. The number of hydrogen-bond donors (Lipinski definition) is 1. The summed E-state index contributed by atoms with van der Waals surface area (Å²) in [6.07, 6.45) is -1.39. The number of alkyl halides is 4. The molecule has 0 unspecified atom stereocenters. The Balaban J connectivity index is 1.37. The minimum atomic E-state index is -3.81. The molecule has 1 heterocycles. The molecule has 0 amide bonds. The Kier molecular flexibility index (Phi) is 5.86. The Labute approximate surface area is 201 Å². The molecule has 1 atom stereocenters. The molecule has 0 aliphatic heterocycles. The molecule has 3 aliphatic carbocycles. The van der Waals surface area contributed by atoms with Crippen LogP contribution in [0.4, 0.5) is 26.3 Å². The summed E-state index contributed by atoms with van der Waals surface area (Å²) in [6, 6.07) is 9.01. The van der Waals surface area contributed by atoms with E-state index < -0.39 is 59.1 Å². The van der Waals surface area contributed by atoms with E-state index in [2.05, 4.69) is 15.5 Å². The molecule has 3 aliphatic rings. The maximum Gasteiger partial charge on any atom is 0.287 e. The van der Waals surface area contributed by atoms with Gasteiger partial charge >= 0.3 is 0 Å². The van der Waals surface area contributed by atoms with Gasteiger partial charge < -0.3 is 9.84 Å². The van der Waals surface area contributed by atoms with Gasteiger partial charge in [0, 0.05) is 17.0 Å². The van der Waals surface area contributed by atoms with Crippen molar-refractivity contribution in [3.8, 4) is 0 Å². The lowest BCUT2D eigenvalue weighted by atomic mass is 9.30. The SMILES string of the molecule is O[C@](Cn1cnnn1)(c1ccc(F)cc1F)C(F)(F)C12CC(c3ccc(COCC(F)F)cc3)(C1)C2. The van der Waals surface area contributed by atoms with Gasteiger partial charge in [0.05, 0.1) is 13.2 Å². The average Bonchev–Trinajstić information content (AvgIpc) is 3.25. The van der Waals surface area contributed by atoms with Crippen molar-refractivity contribution in [3.63, 3.8) is 0 Å². The molecule has 0 radical (unpaired) electrons. The number of aromatic nitrogens is 4. The fourth-order valence-electron chi connectivity index (χ4n) is 5.75. The number of rotatable bonds is 10. The summed E-state index contributed by atoms with van der Waals surface area (Å²) in [4.78, 5) is 0. The fourth-order valence-corrected chi connectivity index (χ4v) is 5.75. The topological polar surface area (TPSA) is 73.1 Å². The minimum Gasteiger partial charge on any atom is -0.377 e. The Morgan fingerprint density at radius 2 is 1.75 bits per heavy atom. The molecule has 6 rings (SSSR count). The molecular weight excluding hydrogens is 490 g/mol. The highest BCUT2D eigenvalue weighted by molar-refractivity contribution is 5.43. The number of aliphatic hydroxyl groups is 1. The largest absolute Gasteiger partial charge is 0.377 e. The second kappa shape index (κ2) is 8.55. The van der Waals surface area contributed by atoms with Crippen molar-refractivity contribution in [2.75, 3.05) is 6.61 Å². The van der Waals surface area contributed by atoms with Gasteiger partial charge in [-0.05, 0) is 58.4 Å². The second-order valence-electron chi connectivity index (χ2n) is 9.76. The molecule has 1 aromatic heterocycles. The number of halogens is 6. The normalized spacial score (nSPS) is 24.8. The van der Waals surface area contributed by atoms with Gasteiger partial charge in [-0.15, -0.1) is 5.10 Å². The summed E-state index contributed by atoms with van der Waals surface area (Å²) in [5, 5.41) is 21.7. The van der Waals surface area contributed by atoms with Crippen molar-refractivity contribution in [3.05, 3.63) is 77.1 Å². The van der Waals surface area contributed by atoms with Gasteiger partial charge in [0.25, 0.3) is 12.3 Å². The van der Waals surface area contributed by atoms with Gasteiger partial charge in [0.2, 0.25) is 0 Å². The third-order valence-corrected chi connectivity index (χ3v) is 7.45. The Hall–Kier alpha value is -2.99. The van der Waals surface area contributed by atoms with Crippen LogP contribution in [0.25, 0.3) is 0 Å². The standard InChI is InChI=1S/C24H22F6N4O2/c25-17-5-6-18(19(26)7-17)23(35,13-34-14-31-32-33-34)24(29,30)22-10-21(11-22,12-22)16-3-1-15(2-4-16)8-36-9-20(27)28/h1-7,14,20,35H,8-13H2/t21?,22?,23-/m1/s1. The Bertz CT molecular complexity index is 1220. The van der Waals surface area contributed by atoms with Gasteiger partial charge in [0.1, 0.15) is 24.6 Å². The smallest absolute Gasteiger partial charge is 0.287 e. The summed E-state index contributed by atoms with van der Waals surface area (Å²) in [5.41, 5.74) is -4.42. The first-order chi connectivity index (χ1) is 17.0. The molecule has 3 aromatic rings. The van der Waals surface area contributed by atoms with Crippen LogP contribution in [0.15, 0.2) is 48.8 Å². The van der Waals surface area contributed by atoms with Crippen LogP contribution < -0.4 is 0 Å². The fraction of sp³-hybridized carbons (Fsp3) is 0.458. The molecule has 192 valence electrons. The highest BCUT2D eigenvalue weighted by Crippen LogP contribution is 2.80. The number of benzene rings is 2. The highest BCUT2D eigenvalue weighted by atomic mass is 19.3. The van der Waals surface area contributed by atoms with E-state index in [9.17, 15) is 22.7 Å². The quantitative estimate of drug-likeness (QED) is 0.409. The predicted molar refractivity (Wildman–Crippen MR) is 113 cm³/mol. The van der Waals surface area contributed by atoms with Crippen molar-refractivity contribution < 1.29 is 36.2 Å². The van der Waals surface area contributed by atoms with Gasteiger partial charge in [-0.25, -0.2) is 31.0 Å². The van der Waals surface area contributed by atoms with Crippen molar-refractivity contribution in [2.45, 2.75) is 55.8 Å². The van der Waals surface area contributed by atoms with E-state index in [1.807, 2.05) is 0 Å². The van der Waals surface area contributed by atoms with E-state index >= 15 is 8.78 Å². The second-order valence-corrected chi connectivity index (χ2v) is 9.76. The van der Waals surface area contributed by atoms with Crippen LogP contribution in [0.2, 0.25) is 0 Å². The number of nitrogens with zero attached hydrogens (tertiary/aromatic N) is 4. The molecule has 6 nitrogen and oxygen atoms in total. The molecule has 0 saturated heterocycles. The molecule has 3 fully saturated rings. The van der Waals surface area contributed by atoms with Crippen molar-refractivity contribution in [1.29, 1.82) is 0 Å². The summed E-state index contributed by atoms with van der Waals surface area (Å²) in [7, 11) is 0. The molecule has 0 spiro atoms. The third-order valence-electron chi connectivity index (χ3n) is 7.45. The van der Waals surface area contributed by atoms with E-state index in [1.54, 1.807) is 24.3 Å². The monoisotopic (exact) mass is 512 g/mol. The van der Waals surface area contributed by atoms with E-state index in [0.29, 0.717) is 11.6 Å². The van der Waals surface area contributed by atoms with Crippen molar-refractivity contribution >= 4 is 0 Å². The van der Waals surface area contributed by atoms with E-state index in [0.717, 1.165) is 28.7 Å². The van der Waals surface area contributed by atoms with Crippen LogP contribution in [-0.2, 0) is 28.9 Å². The zero-order valence-electron chi connectivity index (χ0n) is 18.9. The summed E-state index contributed by atoms with van der Waals surface area (Å²) in [6.45, 7) is -1.50. The van der Waals surface area contributed by atoms with Gasteiger partial charge in [0.15, 0.2) is 5.60 Å². The lowest BCUT2D eigenvalue weighted by Gasteiger charge is -2.74. The number of hydrogen-bond acceptors (Lipinski definition) is 5. The first kappa shape index (κ1) is 24.7. The number of ether oxygens (including phenoxy) is 1. The maximum absolute atomic E-state index is 16.2. The van der Waals surface area contributed by atoms with Crippen LogP contribution >= 0.6 is 0 Å². The van der Waals surface area contributed by atoms with Crippen LogP contribution in [0.5, 0.6) is 0 Å². The zero-order valence-corrected chi connectivity index (χ0v) is 18.9. The molecule has 2 bridgehead atoms. The van der Waals surface area contributed by atoms with Crippen molar-refractivity contribution in [1.82, 2.24) is 20.2 Å². The molecular formula is C24H22F6N4O2. The molecule has 36 heavy (non-hydrogen) atoms. The number of tetrazole rings is 1. The summed E-state index contributed by atoms with van der Waals surface area (Å²) in [5.74, 6) is -6.07. The van der Waals surface area contributed by atoms with E-state index in [1.165, 1.54) is 0 Å². The van der Waals surface area contributed by atoms with Gasteiger partial charge in [-0.2, -0.15) is 0 Å². The lowest BCUT2D eigenvalue weighted by molar-refractivity contribution is -0.347. The van der Waals surface area contributed by atoms with Gasteiger partial charge in [-0.3, -0.25) is 0 Å². The van der Waals surface area contributed by atoms with E-state index in [4.69, 9.17) is 4.74 Å². The van der Waals surface area contributed by atoms with Gasteiger partial charge in [-0.1, -0.05) is 24.3 Å². The molecule has 1 N–H and O–H groups in total. The Morgan fingerprint density at radius 3 is 2.33 bits per heavy atom. The predicted octanol–water partition coefficient (Wildman–Crippen LogP) is 4.38. The minimum absolute atomic E-state index is 0.00698. The maximum atomic E-state index is 16.2. The zero-order chi connectivity index (χ0) is 25.8. The molecule has 2 aromatic carbocycles.